The zero-order valence-electron chi connectivity index (χ0n) is 24.1. The van der Waals surface area contributed by atoms with Crippen LogP contribution in [0, 0.1) is 17.2 Å². The van der Waals surface area contributed by atoms with Crippen molar-refractivity contribution in [3.63, 3.8) is 0 Å². The molecule has 2 fully saturated rings. The van der Waals surface area contributed by atoms with Crippen molar-refractivity contribution in [3.8, 4) is 11.6 Å². The first kappa shape index (κ1) is 29.1. The first-order chi connectivity index (χ1) is 18.5. The van der Waals surface area contributed by atoms with Crippen LogP contribution >= 0.6 is 0 Å². The summed E-state index contributed by atoms with van der Waals surface area (Å²) in [6, 6.07) is 4.36. The van der Waals surface area contributed by atoms with Crippen molar-refractivity contribution in [1.29, 1.82) is 0 Å². The number of carbonyl (C=O) groups excluding carboxylic acids is 1. The predicted molar refractivity (Wildman–Crippen MR) is 149 cm³/mol. The highest BCUT2D eigenvalue weighted by Crippen LogP contribution is 2.44. The number of hydrogen-bond donors (Lipinski definition) is 1. The molecule has 1 amide bonds. The lowest BCUT2D eigenvalue weighted by Crippen LogP contribution is -2.62. The topological polar surface area (TPSA) is 94.9 Å². The van der Waals surface area contributed by atoms with Gasteiger partial charge in [0.25, 0.3) is 11.8 Å². The third kappa shape index (κ3) is 6.49. The maximum absolute atomic E-state index is 14.2. The van der Waals surface area contributed by atoms with Crippen LogP contribution in [0.5, 0.6) is 11.6 Å². The van der Waals surface area contributed by atoms with E-state index in [-0.39, 0.29) is 40.7 Å². The van der Waals surface area contributed by atoms with Crippen molar-refractivity contribution in [1.82, 2.24) is 25.0 Å². The standard InChI is InChI=1S/C29H43FN6O3/c1-7-36(20(4)5)28(38)23-14-22(30)9-11-25(23)39-27-26(31-18-32-33-27)34-13-12-29(15-34)16-35(17-29)24(19(2)3)10-8-21(6)37/h9,11,14,18-21,24,37H,7-8,10,12-13,15-17H2,1-6H3/t21?,24-/m1/s1. The average molecular weight is 543 g/mol. The number of aliphatic hydroxyl groups excluding tert-OH is 1. The molecule has 2 aromatic rings. The van der Waals surface area contributed by atoms with Crippen LogP contribution in [-0.4, -0.2) is 86.9 Å². The van der Waals surface area contributed by atoms with Crippen LogP contribution < -0.4 is 9.64 Å². The molecule has 0 aliphatic carbocycles. The summed E-state index contributed by atoms with van der Waals surface area (Å²) < 4.78 is 20.3. The van der Waals surface area contributed by atoms with Crippen molar-refractivity contribution in [2.75, 3.05) is 37.6 Å². The molecule has 0 saturated carbocycles. The van der Waals surface area contributed by atoms with E-state index in [1.807, 2.05) is 27.7 Å². The number of likely N-dealkylation sites (tertiary alicyclic amines) is 1. The number of benzene rings is 1. The third-order valence-corrected chi connectivity index (χ3v) is 8.11. The monoisotopic (exact) mass is 542 g/mol. The lowest BCUT2D eigenvalue weighted by Gasteiger charge is -2.53. The first-order valence-electron chi connectivity index (χ1n) is 14.2. The molecule has 2 aliphatic heterocycles. The van der Waals surface area contributed by atoms with Gasteiger partial charge < -0.3 is 19.6 Å². The largest absolute Gasteiger partial charge is 0.434 e. The fourth-order valence-corrected chi connectivity index (χ4v) is 6.08. The van der Waals surface area contributed by atoms with Gasteiger partial charge in [-0.3, -0.25) is 9.69 Å². The van der Waals surface area contributed by atoms with E-state index in [0.717, 1.165) is 45.4 Å². The molecule has 2 atom stereocenters. The van der Waals surface area contributed by atoms with Gasteiger partial charge in [-0.05, 0) is 71.1 Å². The quantitative estimate of drug-likeness (QED) is 0.447. The number of nitrogens with zero attached hydrogens (tertiary/aromatic N) is 6. The van der Waals surface area contributed by atoms with Gasteiger partial charge in [0.1, 0.15) is 17.9 Å². The molecule has 2 aliphatic rings. The van der Waals surface area contributed by atoms with Crippen LogP contribution in [0.25, 0.3) is 0 Å². The Morgan fingerprint density at radius 3 is 2.56 bits per heavy atom. The fraction of sp³-hybridized carbons (Fsp3) is 0.655. The van der Waals surface area contributed by atoms with Gasteiger partial charge >= 0.3 is 0 Å². The van der Waals surface area contributed by atoms with Crippen molar-refractivity contribution in [3.05, 3.63) is 35.9 Å². The van der Waals surface area contributed by atoms with E-state index in [1.54, 1.807) is 4.90 Å². The van der Waals surface area contributed by atoms with Crippen LogP contribution in [0.4, 0.5) is 10.2 Å². The SMILES string of the molecule is CCN(C(=O)c1cc(F)ccc1Oc1nncnc1N1CCC2(C1)CN([C@H](CCC(C)O)C(C)C)C2)C(C)C. The van der Waals surface area contributed by atoms with Gasteiger partial charge in [-0.1, -0.05) is 13.8 Å². The molecule has 0 bridgehead atoms. The van der Waals surface area contributed by atoms with Crippen LogP contribution in [0.15, 0.2) is 24.5 Å². The Kier molecular flexibility index (Phi) is 9.06. The molecule has 39 heavy (non-hydrogen) atoms. The fourth-order valence-electron chi connectivity index (χ4n) is 6.08. The Labute approximate surface area is 231 Å². The van der Waals surface area contributed by atoms with Crippen LogP contribution in [0.3, 0.4) is 0 Å². The number of anilines is 1. The molecular formula is C29H43FN6O3. The summed E-state index contributed by atoms with van der Waals surface area (Å²) >= 11 is 0. The molecule has 2 saturated heterocycles. The maximum Gasteiger partial charge on any atom is 0.282 e. The smallest absolute Gasteiger partial charge is 0.282 e. The van der Waals surface area contributed by atoms with Gasteiger partial charge in [0, 0.05) is 50.2 Å². The summed E-state index contributed by atoms with van der Waals surface area (Å²) in [6.07, 6.45) is 3.97. The van der Waals surface area contributed by atoms with Crippen LogP contribution in [-0.2, 0) is 0 Å². The molecular weight excluding hydrogens is 499 g/mol. The maximum atomic E-state index is 14.2. The second-order valence-electron chi connectivity index (χ2n) is 11.8. The highest BCUT2D eigenvalue weighted by Gasteiger charge is 2.50. The number of ether oxygens (including phenoxy) is 1. The second-order valence-corrected chi connectivity index (χ2v) is 11.8. The summed E-state index contributed by atoms with van der Waals surface area (Å²) in [5, 5.41) is 17.9. The molecule has 214 valence electrons. The molecule has 10 heteroatoms. The zero-order chi connectivity index (χ0) is 28.3. The third-order valence-electron chi connectivity index (χ3n) is 8.11. The van der Waals surface area contributed by atoms with Crippen LogP contribution in [0.1, 0.15) is 71.2 Å². The van der Waals surface area contributed by atoms with Crippen molar-refractivity contribution < 1.29 is 19.0 Å². The van der Waals surface area contributed by atoms with Crippen molar-refractivity contribution in [2.45, 2.75) is 79.0 Å². The summed E-state index contributed by atoms with van der Waals surface area (Å²) in [5.41, 5.74) is 0.322. The minimum absolute atomic E-state index is 0.0440. The molecule has 0 radical (unpaired) electrons. The predicted octanol–water partition coefficient (Wildman–Crippen LogP) is 4.37. The minimum atomic E-state index is -0.507. The summed E-state index contributed by atoms with van der Waals surface area (Å²) in [7, 11) is 0. The van der Waals surface area contributed by atoms with Gasteiger partial charge in [0.2, 0.25) is 0 Å². The number of aromatic nitrogens is 3. The molecule has 1 N–H and O–H groups in total. The van der Waals surface area contributed by atoms with Gasteiger partial charge in [-0.2, -0.15) is 0 Å². The van der Waals surface area contributed by atoms with Gasteiger partial charge in [-0.15, -0.1) is 10.2 Å². The lowest BCUT2D eigenvalue weighted by molar-refractivity contribution is -0.0366. The van der Waals surface area contributed by atoms with E-state index in [0.29, 0.717) is 24.3 Å². The van der Waals surface area contributed by atoms with E-state index in [4.69, 9.17) is 4.74 Å². The molecule has 9 nitrogen and oxygen atoms in total. The normalized spacial score (nSPS) is 18.5. The van der Waals surface area contributed by atoms with E-state index in [9.17, 15) is 14.3 Å². The van der Waals surface area contributed by atoms with Crippen molar-refractivity contribution >= 4 is 11.7 Å². The average Bonchev–Trinajstić information content (AvgIpc) is 3.30. The van der Waals surface area contributed by atoms with Gasteiger partial charge in [-0.25, -0.2) is 9.37 Å². The van der Waals surface area contributed by atoms with Crippen molar-refractivity contribution in [2.24, 2.45) is 11.3 Å². The lowest BCUT2D eigenvalue weighted by atomic mass is 9.76. The number of rotatable bonds is 11. The summed E-state index contributed by atoms with van der Waals surface area (Å²) in [4.78, 5) is 24.2. The molecule has 1 spiro atoms. The van der Waals surface area contributed by atoms with Crippen LogP contribution in [0.2, 0.25) is 0 Å². The van der Waals surface area contributed by atoms with E-state index in [1.165, 1.54) is 24.5 Å². The van der Waals surface area contributed by atoms with Gasteiger partial charge in [0.15, 0.2) is 5.82 Å². The molecule has 4 rings (SSSR count). The van der Waals surface area contributed by atoms with Gasteiger partial charge in [0.05, 0.1) is 11.7 Å². The Morgan fingerprint density at radius 2 is 1.92 bits per heavy atom. The number of amides is 1. The molecule has 3 heterocycles. The minimum Gasteiger partial charge on any atom is -0.434 e. The molecule has 1 aromatic carbocycles. The Bertz CT molecular complexity index is 1140. The Morgan fingerprint density at radius 1 is 1.18 bits per heavy atom. The first-order valence-corrected chi connectivity index (χ1v) is 14.2. The second kappa shape index (κ2) is 12.1. The number of aliphatic hydroxyl groups is 1. The summed E-state index contributed by atoms with van der Waals surface area (Å²) in [6.45, 7) is 16.3. The number of carbonyl (C=O) groups is 1. The zero-order valence-corrected chi connectivity index (χ0v) is 24.1. The number of hydrogen-bond acceptors (Lipinski definition) is 8. The highest BCUT2D eigenvalue weighted by molar-refractivity contribution is 5.97. The Hall–Kier alpha value is -2.85. The van der Waals surface area contributed by atoms with E-state index < -0.39 is 5.82 Å². The Balaban J connectivity index is 1.49. The molecule has 1 aromatic heterocycles. The molecule has 1 unspecified atom stereocenters. The highest BCUT2D eigenvalue weighted by atomic mass is 19.1. The summed E-state index contributed by atoms with van der Waals surface area (Å²) in [5.74, 6) is 0.726. The van der Waals surface area contributed by atoms with E-state index >= 15 is 0 Å². The van der Waals surface area contributed by atoms with E-state index in [2.05, 4.69) is 38.8 Å². The number of halogens is 1.